The van der Waals surface area contributed by atoms with Crippen LogP contribution in [0, 0.1) is 11.3 Å². The van der Waals surface area contributed by atoms with E-state index in [9.17, 15) is 23.1 Å². The molecule has 1 aromatic carbocycles. The first-order chi connectivity index (χ1) is 12.8. The smallest absolute Gasteiger partial charge is 0.416 e. The molecule has 144 valence electrons. The van der Waals surface area contributed by atoms with Crippen LogP contribution in [0.5, 0.6) is 0 Å². The van der Waals surface area contributed by atoms with Crippen LogP contribution in [0.4, 0.5) is 13.2 Å². The normalized spacial score (nSPS) is 25.7. The molecule has 8 heteroatoms. The summed E-state index contributed by atoms with van der Waals surface area (Å²) < 4.78 is 39.5. The summed E-state index contributed by atoms with van der Waals surface area (Å²) >= 11 is 0. The second-order valence-electron chi connectivity index (χ2n) is 7.56. The zero-order valence-corrected chi connectivity index (χ0v) is 14.6. The van der Waals surface area contributed by atoms with E-state index in [0.29, 0.717) is 18.8 Å². The molecule has 2 aromatic rings. The number of hydrogen-bond donors (Lipinski definition) is 1. The third-order valence-corrected chi connectivity index (χ3v) is 5.87. The predicted octanol–water partition coefficient (Wildman–Crippen LogP) is 3.58. The number of hydrogen-bond acceptors (Lipinski definition) is 3. The molecule has 0 amide bonds. The first kappa shape index (κ1) is 18.0. The Kier molecular flexibility index (Phi) is 4.25. The molecular formula is C19H20F3N3O2. The monoisotopic (exact) mass is 379 g/mol. The number of aliphatic carboxylic acids is 1. The van der Waals surface area contributed by atoms with Gasteiger partial charge < -0.3 is 5.11 Å². The van der Waals surface area contributed by atoms with Gasteiger partial charge in [0.05, 0.1) is 22.9 Å². The molecule has 1 aliphatic carbocycles. The number of benzene rings is 1. The Labute approximate surface area is 154 Å². The maximum Gasteiger partial charge on any atom is 0.416 e. The van der Waals surface area contributed by atoms with E-state index in [-0.39, 0.29) is 5.92 Å². The summed E-state index contributed by atoms with van der Waals surface area (Å²) in [5.41, 5.74) is 0.148. The Hall–Kier alpha value is -2.35. The predicted molar refractivity (Wildman–Crippen MR) is 91.3 cm³/mol. The quantitative estimate of drug-likeness (QED) is 0.882. The lowest BCUT2D eigenvalue weighted by Gasteiger charge is -2.23. The van der Waals surface area contributed by atoms with Crippen molar-refractivity contribution in [3.63, 3.8) is 0 Å². The van der Waals surface area contributed by atoms with Crippen LogP contribution in [-0.2, 0) is 17.5 Å². The second-order valence-corrected chi connectivity index (χ2v) is 7.56. The van der Waals surface area contributed by atoms with Crippen LogP contribution in [0.25, 0.3) is 5.69 Å². The highest BCUT2D eigenvalue weighted by molar-refractivity contribution is 5.76. The van der Waals surface area contributed by atoms with E-state index in [0.717, 1.165) is 43.5 Å². The number of nitrogens with zero attached hydrogens (tertiary/aromatic N) is 3. The Morgan fingerprint density at radius 1 is 1.30 bits per heavy atom. The average molecular weight is 379 g/mol. The largest absolute Gasteiger partial charge is 0.481 e. The fourth-order valence-corrected chi connectivity index (χ4v) is 4.51. The minimum atomic E-state index is -4.36. The fraction of sp³-hybridized carbons (Fsp3) is 0.474. The zero-order valence-electron chi connectivity index (χ0n) is 14.6. The van der Waals surface area contributed by atoms with Crippen LogP contribution in [0.15, 0.2) is 36.7 Å². The van der Waals surface area contributed by atoms with Crippen molar-refractivity contribution in [2.45, 2.75) is 32.0 Å². The minimum Gasteiger partial charge on any atom is -0.481 e. The summed E-state index contributed by atoms with van der Waals surface area (Å²) in [6, 6.07) is 4.85. The van der Waals surface area contributed by atoms with Gasteiger partial charge in [0.25, 0.3) is 0 Å². The van der Waals surface area contributed by atoms with Gasteiger partial charge in [0.2, 0.25) is 0 Å². The summed E-state index contributed by atoms with van der Waals surface area (Å²) in [6.07, 6.45) is 1.75. The number of halogens is 3. The number of carboxylic acid groups (broad SMARTS) is 1. The van der Waals surface area contributed by atoms with Crippen molar-refractivity contribution in [1.29, 1.82) is 0 Å². The van der Waals surface area contributed by atoms with Crippen LogP contribution in [0.3, 0.4) is 0 Å². The van der Waals surface area contributed by atoms with Gasteiger partial charge in [0.1, 0.15) is 0 Å². The summed E-state index contributed by atoms with van der Waals surface area (Å²) in [7, 11) is 0. The molecule has 27 heavy (non-hydrogen) atoms. The maximum atomic E-state index is 12.7. The van der Waals surface area contributed by atoms with E-state index in [1.165, 1.54) is 12.1 Å². The van der Waals surface area contributed by atoms with Crippen LogP contribution in [0.1, 0.15) is 30.4 Å². The van der Waals surface area contributed by atoms with Gasteiger partial charge in [-0.15, -0.1) is 0 Å². The molecule has 1 saturated heterocycles. The van der Waals surface area contributed by atoms with Crippen molar-refractivity contribution in [2.75, 3.05) is 13.1 Å². The van der Waals surface area contributed by atoms with E-state index in [1.54, 1.807) is 17.1 Å². The lowest BCUT2D eigenvalue weighted by atomic mass is 9.81. The minimum absolute atomic E-state index is 0.194. The van der Waals surface area contributed by atoms with Crippen LogP contribution in [0.2, 0.25) is 0 Å². The maximum absolute atomic E-state index is 12.7. The van der Waals surface area contributed by atoms with Gasteiger partial charge in [-0.3, -0.25) is 9.69 Å². The number of fused-ring (bicyclic) bond motifs is 1. The number of carbonyl (C=O) groups is 1. The summed E-state index contributed by atoms with van der Waals surface area (Å²) in [6.45, 7) is 1.89. The summed E-state index contributed by atoms with van der Waals surface area (Å²) in [5.74, 6) is -0.507. The van der Waals surface area contributed by atoms with E-state index in [4.69, 9.17) is 0 Å². The third kappa shape index (κ3) is 3.22. The van der Waals surface area contributed by atoms with Crippen molar-refractivity contribution in [1.82, 2.24) is 14.7 Å². The number of likely N-dealkylation sites (tertiary alicyclic amines) is 1. The molecule has 0 unspecified atom stereocenters. The van der Waals surface area contributed by atoms with Crippen molar-refractivity contribution in [3.05, 3.63) is 47.8 Å². The lowest BCUT2D eigenvalue weighted by Crippen LogP contribution is -2.35. The number of alkyl halides is 3. The lowest BCUT2D eigenvalue weighted by molar-refractivity contribution is -0.149. The zero-order chi connectivity index (χ0) is 19.2. The van der Waals surface area contributed by atoms with Crippen molar-refractivity contribution >= 4 is 5.97 Å². The fourth-order valence-electron chi connectivity index (χ4n) is 4.51. The van der Waals surface area contributed by atoms with Gasteiger partial charge in [-0.05, 0) is 43.0 Å². The molecule has 5 nitrogen and oxygen atoms in total. The molecule has 2 atom stereocenters. The Balaban J connectivity index is 1.46. The highest BCUT2D eigenvalue weighted by atomic mass is 19.4. The standard InChI is InChI=1S/C19H20F3N3O2/c20-19(21,22)14-3-5-16(6-4-14)25-10-13(8-23-25)9-24-11-15-2-1-7-18(15,12-24)17(26)27/h3-6,8,10,15H,1-2,7,9,11-12H2,(H,26,27)/t15-,18+/m0/s1. The van der Waals surface area contributed by atoms with Crippen LogP contribution >= 0.6 is 0 Å². The molecule has 1 N–H and O–H groups in total. The van der Waals surface area contributed by atoms with Crippen molar-refractivity contribution in [2.24, 2.45) is 11.3 Å². The van der Waals surface area contributed by atoms with Gasteiger partial charge in [-0.2, -0.15) is 18.3 Å². The molecule has 2 fully saturated rings. The van der Waals surface area contributed by atoms with Gasteiger partial charge in [-0.1, -0.05) is 6.42 Å². The molecule has 1 aliphatic heterocycles. The second kappa shape index (κ2) is 6.37. The van der Waals surface area contributed by atoms with Gasteiger partial charge >= 0.3 is 12.1 Å². The molecule has 0 spiro atoms. The molecule has 0 bridgehead atoms. The van der Waals surface area contributed by atoms with Crippen molar-refractivity contribution < 1.29 is 23.1 Å². The molecule has 0 radical (unpaired) electrons. The van der Waals surface area contributed by atoms with Gasteiger partial charge in [0.15, 0.2) is 0 Å². The average Bonchev–Trinajstić information content (AvgIpc) is 3.29. The number of rotatable bonds is 4. The number of carboxylic acids is 1. The first-order valence-corrected chi connectivity index (χ1v) is 8.95. The topological polar surface area (TPSA) is 58.4 Å². The van der Waals surface area contributed by atoms with Gasteiger partial charge in [-0.25, -0.2) is 4.68 Å². The van der Waals surface area contributed by atoms with E-state index in [1.807, 2.05) is 0 Å². The van der Waals surface area contributed by atoms with E-state index in [2.05, 4.69) is 10.00 Å². The van der Waals surface area contributed by atoms with Gasteiger partial charge in [0, 0.05) is 31.4 Å². The molecule has 4 rings (SSSR count). The van der Waals surface area contributed by atoms with Crippen LogP contribution in [-0.4, -0.2) is 38.8 Å². The highest BCUT2D eigenvalue weighted by Crippen LogP contribution is 2.49. The molecular weight excluding hydrogens is 359 g/mol. The Morgan fingerprint density at radius 2 is 2.04 bits per heavy atom. The Morgan fingerprint density at radius 3 is 2.67 bits per heavy atom. The number of aromatic nitrogens is 2. The molecule has 2 aliphatic rings. The van der Waals surface area contributed by atoms with E-state index < -0.39 is 23.1 Å². The Bertz CT molecular complexity index is 847. The molecule has 1 saturated carbocycles. The summed E-state index contributed by atoms with van der Waals surface area (Å²) in [5, 5.41) is 13.9. The summed E-state index contributed by atoms with van der Waals surface area (Å²) in [4.78, 5) is 13.9. The van der Waals surface area contributed by atoms with E-state index >= 15 is 0 Å². The van der Waals surface area contributed by atoms with Crippen LogP contribution < -0.4 is 0 Å². The third-order valence-electron chi connectivity index (χ3n) is 5.87. The van der Waals surface area contributed by atoms with Crippen molar-refractivity contribution in [3.8, 4) is 5.69 Å². The molecule has 1 aromatic heterocycles. The highest BCUT2D eigenvalue weighted by Gasteiger charge is 2.54. The SMILES string of the molecule is O=C(O)[C@@]12CCC[C@H]1CN(Cc1cnn(-c3ccc(C(F)(F)F)cc3)c1)C2. The first-order valence-electron chi connectivity index (χ1n) is 8.95. The molecule has 2 heterocycles.